The number of epoxide rings is 1. The van der Waals surface area contributed by atoms with Gasteiger partial charge in [0.15, 0.2) is 8.32 Å². The molecule has 0 N–H and O–H groups in total. The summed E-state index contributed by atoms with van der Waals surface area (Å²) in [5, 5.41) is 0.299. The highest BCUT2D eigenvalue weighted by atomic mass is 127. The van der Waals surface area contributed by atoms with Gasteiger partial charge in [-0.3, -0.25) is 0 Å². The van der Waals surface area contributed by atoms with E-state index < -0.39 is 8.32 Å². The summed E-state index contributed by atoms with van der Waals surface area (Å²) in [4.78, 5) is 0. The molecule has 0 aromatic rings. The quantitative estimate of drug-likeness (QED) is 0.300. The van der Waals surface area contributed by atoms with Crippen molar-refractivity contribution in [1.29, 1.82) is 0 Å². The Morgan fingerprint density at radius 3 is 2.24 bits per heavy atom. The largest absolute Gasteiger partial charge is 0.414 e. The van der Waals surface area contributed by atoms with E-state index in [1.165, 1.54) is 0 Å². The lowest BCUT2D eigenvalue weighted by Crippen LogP contribution is -2.44. The summed E-state index contributed by atoms with van der Waals surface area (Å²) in [5.41, 5.74) is 0. The van der Waals surface area contributed by atoms with Gasteiger partial charge in [0.1, 0.15) is 0 Å². The fourth-order valence-electron chi connectivity index (χ4n) is 1.67. The zero-order valence-electron chi connectivity index (χ0n) is 12.0. The third-order valence-electron chi connectivity index (χ3n) is 4.06. The maximum Gasteiger partial charge on any atom is 0.192 e. The van der Waals surface area contributed by atoms with Crippen LogP contribution < -0.4 is 0 Å². The highest BCUT2D eigenvalue weighted by Crippen LogP contribution is 2.39. The molecule has 0 aliphatic carbocycles. The molecule has 1 aliphatic heterocycles. The molecule has 1 saturated heterocycles. The molecular formula is C13H27IO2Si. The van der Waals surface area contributed by atoms with Crippen LogP contribution in [-0.2, 0) is 9.16 Å². The van der Waals surface area contributed by atoms with E-state index in [1.807, 2.05) is 0 Å². The van der Waals surface area contributed by atoms with E-state index in [0.29, 0.717) is 23.4 Å². The number of alkyl halides is 1. The Morgan fingerprint density at radius 1 is 1.29 bits per heavy atom. The summed E-state index contributed by atoms with van der Waals surface area (Å²) in [5.74, 6) is 0. The Balaban J connectivity index is 2.47. The normalized spacial score (nSPS) is 27.0. The van der Waals surface area contributed by atoms with Gasteiger partial charge in [0.05, 0.1) is 12.2 Å². The van der Waals surface area contributed by atoms with Crippen molar-refractivity contribution in [3.05, 3.63) is 0 Å². The molecule has 0 aromatic heterocycles. The van der Waals surface area contributed by atoms with Crippen LogP contribution in [0.15, 0.2) is 0 Å². The van der Waals surface area contributed by atoms with Crippen LogP contribution in [0.1, 0.15) is 40.5 Å². The molecule has 1 fully saturated rings. The summed E-state index contributed by atoms with van der Waals surface area (Å²) in [6, 6.07) is 0. The Bertz CT molecular complexity index is 250. The van der Waals surface area contributed by atoms with Gasteiger partial charge < -0.3 is 9.16 Å². The summed E-state index contributed by atoms with van der Waals surface area (Å²) < 4.78 is 13.2. The first-order chi connectivity index (χ1) is 7.71. The van der Waals surface area contributed by atoms with Crippen molar-refractivity contribution >= 4 is 30.9 Å². The van der Waals surface area contributed by atoms with Gasteiger partial charge in [-0.15, -0.1) is 0 Å². The molecule has 0 radical (unpaired) electrons. The number of hydrogen-bond acceptors (Lipinski definition) is 2. The van der Waals surface area contributed by atoms with Crippen LogP contribution in [0.5, 0.6) is 0 Å². The van der Waals surface area contributed by atoms with E-state index in [0.717, 1.165) is 17.3 Å². The predicted octanol–water partition coefficient (Wildman–Crippen LogP) is 4.38. The second-order valence-electron chi connectivity index (χ2n) is 6.51. The molecule has 3 atom stereocenters. The molecule has 0 unspecified atom stereocenters. The van der Waals surface area contributed by atoms with Gasteiger partial charge >= 0.3 is 0 Å². The van der Waals surface area contributed by atoms with Gasteiger partial charge in [-0.25, -0.2) is 0 Å². The van der Waals surface area contributed by atoms with E-state index in [4.69, 9.17) is 9.16 Å². The van der Waals surface area contributed by atoms with Crippen LogP contribution in [0.25, 0.3) is 0 Å². The Morgan fingerprint density at radius 2 is 1.88 bits per heavy atom. The molecule has 0 saturated carbocycles. The molecule has 0 aromatic carbocycles. The van der Waals surface area contributed by atoms with E-state index in [9.17, 15) is 0 Å². The van der Waals surface area contributed by atoms with E-state index >= 15 is 0 Å². The molecule has 17 heavy (non-hydrogen) atoms. The number of rotatable bonds is 6. The maximum absolute atomic E-state index is 6.45. The molecule has 4 heteroatoms. The zero-order valence-corrected chi connectivity index (χ0v) is 15.2. The third kappa shape index (κ3) is 4.47. The molecule has 102 valence electrons. The van der Waals surface area contributed by atoms with Crippen molar-refractivity contribution in [2.75, 3.05) is 4.43 Å². The topological polar surface area (TPSA) is 21.8 Å². The first-order valence-corrected chi connectivity index (χ1v) is 11.0. The molecule has 1 rings (SSSR count). The van der Waals surface area contributed by atoms with E-state index in [2.05, 4.69) is 63.4 Å². The van der Waals surface area contributed by atoms with Gasteiger partial charge in [0.25, 0.3) is 0 Å². The summed E-state index contributed by atoms with van der Waals surface area (Å²) in [7, 11) is -1.62. The number of ether oxygens (including phenoxy) is 1. The van der Waals surface area contributed by atoms with Crippen molar-refractivity contribution in [2.24, 2.45) is 0 Å². The van der Waals surface area contributed by atoms with Crippen LogP contribution in [-0.4, -0.2) is 31.1 Å². The fraction of sp³-hybridized carbons (Fsp3) is 1.00. The molecule has 1 aliphatic rings. The SMILES string of the molecule is CC[C@H](C[C@H]1O[C@@H]1CI)O[Si](C)(C)C(C)(C)C. The number of halogens is 1. The highest BCUT2D eigenvalue weighted by Gasteiger charge is 2.43. The van der Waals surface area contributed by atoms with Crippen LogP contribution in [0.3, 0.4) is 0 Å². The Hall–Kier alpha value is 0.867. The maximum atomic E-state index is 6.45. The van der Waals surface area contributed by atoms with Gasteiger partial charge in [0, 0.05) is 17.0 Å². The minimum Gasteiger partial charge on any atom is -0.414 e. The molecule has 1 heterocycles. The van der Waals surface area contributed by atoms with Gasteiger partial charge in [-0.2, -0.15) is 0 Å². The highest BCUT2D eigenvalue weighted by molar-refractivity contribution is 14.1. The summed E-state index contributed by atoms with van der Waals surface area (Å²) in [6.45, 7) is 13.8. The van der Waals surface area contributed by atoms with E-state index in [1.54, 1.807) is 0 Å². The average Bonchev–Trinajstić information content (AvgIpc) is 2.93. The van der Waals surface area contributed by atoms with Crippen molar-refractivity contribution in [3.8, 4) is 0 Å². The summed E-state index contributed by atoms with van der Waals surface area (Å²) in [6.07, 6.45) is 3.51. The lowest BCUT2D eigenvalue weighted by Gasteiger charge is -2.39. The molecular weight excluding hydrogens is 343 g/mol. The van der Waals surface area contributed by atoms with E-state index in [-0.39, 0.29) is 0 Å². The first-order valence-electron chi connectivity index (χ1n) is 6.60. The van der Waals surface area contributed by atoms with Crippen molar-refractivity contribution < 1.29 is 9.16 Å². The minimum absolute atomic E-state index is 0.299. The third-order valence-corrected chi connectivity index (χ3v) is 9.46. The van der Waals surface area contributed by atoms with Crippen LogP contribution in [0.2, 0.25) is 18.1 Å². The fourth-order valence-corrected chi connectivity index (χ4v) is 3.90. The summed E-state index contributed by atoms with van der Waals surface area (Å²) >= 11 is 2.40. The lowest BCUT2D eigenvalue weighted by atomic mass is 10.1. The van der Waals surface area contributed by atoms with Gasteiger partial charge in [-0.1, -0.05) is 50.3 Å². The predicted molar refractivity (Wildman–Crippen MR) is 84.5 cm³/mol. The number of hydrogen-bond donors (Lipinski definition) is 0. The van der Waals surface area contributed by atoms with Crippen LogP contribution in [0, 0.1) is 0 Å². The zero-order chi connectivity index (χ0) is 13.3. The van der Waals surface area contributed by atoms with Crippen LogP contribution in [0.4, 0.5) is 0 Å². The average molecular weight is 370 g/mol. The van der Waals surface area contributed by atoms with Gasteiger partial charge in [0.2, 0.25) is 0 Å². The molecule has 0 amide bonds. The van der Waals surface area contributed by atoms with Crippen molar-refractivity contribution in [1.82, 2.24) is 0 Å². The van der Waals surface area contributed by atoms with Crippen molar-refractivity contribution in [2.45, 2.75) is 77.0 Å². The Labute approximate surface area is 121 Å². The molecule has 2 nitrogen and oxygen atoms in total. The van der Waals surface area contributed by atoms with Gasteiger partial charge in [-0.05, 0) is 24.6 Å². The Kier molecular flexibility index (Phi) is 5.51. The second kappa shape index (κ2) is 5.88. The standard InChI is InChI=1S/C13H27IO2Si/c1-7-10(8-11-12(9-14)15-11)16-17(5,6)13(2,3)4/h10-12H,7-9H2,1-6H3/t10-,11-,12-/m1/s1. The lowest BCUT2D eigenvalue weighted by molar-refractivity contribution is 0.154. The molecule has 0 spiro atoms. The van der Waals surface area contributed by atoms with Crippen molar-refractivity contribution in [3.63, 3.8) is 0 Å². The second-order valence-corrected chi connectivity index (χ2v) is 12.1. The van der Waals surface area contributed by atoms with Crippen LogP contribution >= 0.6 is 22.6 Å². The monoisotopic (exact) mass is 370 g/mol. The smallest absolute Gasteiger partial charge is 0.192 e. The molecule has 0 bridgehead atoms. The minimum atomic E-state index is -1.62. The first kappa shape index (κ1) is 15.9.